The van der Waals surface area contributed by atoms with Crippen molar-refractivity contribution in [1.82, 2.24) is 15.1 Å². The number of nitrogens with one attached hydrogen (secondary N) is 1. The fraction of sp³-hybridized carbons (Fsp3) is 0.375. The second-order valence-electron chi connectivity index (χ2n) is 5.07. The highest BCUT2D eigenvalue weighted by molar-refractivity contribution is 5.78. The van der Waals surface area contributed by atoms with Crippen LogP contribution >= 0.6 is 0 Å². The van der Waals surface area contributed by atoms with E-state index in [2.05, 4.69) is 10.4 Å². The van der Waals surface area contributed by atoms with Crippen LogP contribution in [0.4, 0.5) is 0 Å². The largest absolute Gasteiger partial charge is 0.497 e. The fourth-order valence-corrected chi connectivity index (χ4v) is 2.10. The Labute approximate surface area is 130 Å². The van der Waals surface area contributed by atoms with Crippen LogP contribution in [0.2, 0.25) is 0 Å². The first-order chi connectivity index (χ1) is 10.6. The highest BCUT2D eigenvalue weighted by atomic mass is 16.5. The van der Waals surface area contributed by atoms with Gasteiger partial charge in [-0.3, -0.25) is 9.48 Å². The summed E-state index contributed by atoms with van der Waals surface area (Å²) in [6, 6.07) is 7.39. The molecule has 0 spiro atoms. The minimum atomic E-state index is -0.160. The zero-order valence-corrected chi connectivity index (χ0v) is 13.1. The Bertz CT molecular complexity index is 589. The van der Waals surface area contributed by atoms with E-state index in [4.69, 9.17) is 9.47 Å². The first kappa shape index (κ1) is 15.9. The zero-order valence-electron chi connectivity index (χ0n) is 13.1. The van der Waals surface area contributed by atoms with Crippen molar-refractivity contribution in [3.8, 4) is 11.5 Å². The van der Waals surface area contributed by atoms with Gasteiger partial charge in [0.05, 0.1) is 26.7 Å². The van der Waals surface area contributed by atoms with Crippen molar-refractivity contribution in [3.05, 3.63) is 42.2 Å². The lowest BCUT2D eigenvalue weighted by Crippen LogP contribution is -2.31. The van der Waals surface area contributed by atoms with Gasteiger partial charge in [-0.25, -0.2) is 0 Å². The molecule has 0 aliphatic carbocycles. The molecule has 1 unspecified atom stereocenters. The predicted molar refractivity (Wildman–Crippen MR) is 82.8 cm³/mol. The average Bonchev–Trinajstić information content (AvgIpc) is 3.04. The van der Waals surface area contributed by atoms with E-state index < -0.39 is 0 Å². The standard InChI is InChI=1S/C16H21N3O3/c1-12(11-19-6-4-5-18-19)16(20)17-10-13-7-14(21-2)9-15(8-13)22-3/h4-9,12H,10-11H2,1-3H3,(H,17,20). The zero-order chi connectivity index (χ0) is 15.9. The predicted octanol–water partition coefficient (Wildman–Crippen LogP) is 1.85. The van der Waals surface area contributed by atoms with Gasteiger partial charge >= 0.3 is 0 Å². The van der Waals surface area contributed by atoms with Crippen LogP contribution in [0.1, 0.15) is 12.5 Å². The third-order valence-electron chi connectivity index (χ3n) is 3.35. The summed E-state index contributed by atoms with van der Waals surface area (Å²) in [4.78, 5) is 12.1. The van der Waals surface area contributed by atoms with Gasteiger partial charge in [-0.1, -0.05) is 6.92 Å². The maximum Gasteiger partial charge on any atom is 0.224 e. The molecule has 0 bridgehead atoms. The number of rotatable bonds is 7. The van der Waals surface area contributed by atoms with E-state index >= 15 is 0 Å². The lowest BCUT2D eigenvalue weighted by Gasteiger charge is -2.13. The number of aromatic nitrogens is 2. The third kappa shape index (κ3) is 4.25. The fourth-order valence-electron chi connectivity index (χ4n) is 2.10. The molecule has 0 saturated carbocycles. The van der Waals surface area contributed by atoms with E-state index in [-0.39, 0.29) is 11.8 Å². The molecule has 118 valence electrons. The van der Waals surface area contributed by atoms with E-state index in [0.717, 1.165) is 5.56 Å². The van der Waals surface area contributed by atoms with Crippen LogP contribution < -0.4 is 14.8 Å². The van der Waals surface area contributed by atoms with Crippen LogP contribution in [0.3, 0.4) is 0 Å². The van der Waals surface area contributed by atoms with Gasteiger partial charge in [0.25, 0.3) is 0 Å². The van der Waals surface area contributed by atoms with Crippen molar-refractivity contribution >= 4 is 5.91 Å². The molecule has 2 rings (SSSR count). The van der Waals surface area contributed by atoms with Crippen LogP contribution in [0.25, 0.3) is 0 Å². The van der Waals surface area contributed by atoms with Crippen LogP contribution in [0.5, 0.6) is 11.5 Å². The first-order valence-electron chi connectivity index (χ1n) is 7.09. The Morgan fingerprint density at radius 3 is 2.50 bits per heavy atom. The van der Waals surface area contributed by atoms with Gasteiger partial charge < -0.3 is 14.8 Å². The molecule has 1 aromatic carbocycles. The normalized spacial score (nSPS) is 11.8. The van der Waals surface area contributed by atoms with E-state index in [1.165, 1.54) is 0 Å². The molecule has 0 fully saturated rings. The summed E-state index contributed by atoms with van der Waals surface area (Å²) in [5.41, 5.74) is 0.927. The summed E-state index contributed by atoms with van der Waals surface area (Å²) in [6.07, 6.45) is 3.55. The van der Waals surface area contributed by atoms with Gasteiger partial charge in [-0.2, -0.15) is 5.10 Å². The number of hydrogen-bond donors (Lipinski definition) is 1. The highest BCUT2D eigenvalue weighted by Crippen LogP contribution is 2.22. The Morgan fingerprint density at radius 2 is 1.95 bits per heavy atom. The van der Waals surface area contributed by atoms with Crippen molar-refractivity contribution in [2.75, 3.05) is 14.2 Å². The highest BCUT2D eigenvalue weighted by Gasteiger charge is 2.13. The first-order valence-corrected chi connectivity index (χ1v) is 7.09. The second-order valence-corrected chi connectivity index (χ2v) is 5.07. The summed E-state index contributed by atoms with van der Waals surface area (Å²) >= 11 is 0. The molecule has 0 saturated heterocycles. The van der Waals surface area contributed by atoms with E-state index in [9.17, 15) is 4.79 Å². The maximum atomic E-state index is 12.1. The SMILES string of the molecule is COc1cc(CNC(=O)C(C)Cn2cccn2)cc(OC)c1. The molecule has 0 aliphatic heterocycles. The quantitative estimate of drug-likeness (QED) is 0.848. The van der Waals surface area contributed by atoms with Crippen molar-refractivity contribution < 1.29 is 14.3 Å². The van der Waals surface area contributed by atoms with Gasteiger partial charge in [0.1, 0.15) is 11.5 Å². The molecule has 6 nitrogen and oxygen atoms in total. The summed E-state index contributed by atoms with van der Waals surface area (Å²) in [5.74, 6) is 1.23. The maximum absolute atomic E-state index is 12.1. The number of ether oxygens (including phenoxy) is 2. The number of benzene rings is 1. The van der Waals surface area contributed by atoms with E-state index in [1.54, 1.807) is 31.2 Å². The smallest absolute Gasteiger partial charge is 0.224 e. The number of amides is 1. The Morgan fingerprint density at radius 1 is 1.27 bits per heavy atom. The summed E-state index contributed by atoms with van der Waals surface area (Å²) in [6.45, 7) is 2.86. The summed E-state index contributed by atoms with van der Waals surface area (Å²) in [5, 5.41) is 7.03. The van der Waals surface area contributed by atoms with Gasteiger partial charge in [0.2, 0.25) is 5.91 Å². The molecule has 1 heterocycles. The van der Waals surface area contributed by atoms with Crippen LogP contribution in [-0.4, -0.2) is 29.9 Å². The molecular formula is C16H21N3O3. The minimum Gasteiger partial charge on any atom is -0.497 e. The Hall–Kier alpha value is -2.50. The minimum absolute atomic E-state index is 0.0164. The number of nitrogens with zero attached hydrogens (tertiary/aromatic N) is 2. The molecule has 6 heteroatoms. The van der Waals surface area contributed by atoms with Crippen LogP contribution in [-0.2, 0) is 17.9 Å². The monoisotopic (exact) mass is 303 g/mol. The lowest BCUT2D eigenvalue weighted by molar-refractivity contribution is -0.125. The number of methoxy groups -OCH3 is 2. The molecule has 2 aromatic rings. The topological polar surface area (TPSA) is 65.4 Å². The Balaban J connectivity index is 1.92. The van der Waals surface area contributed by atoms with Gasteiger partial charge in [-0.15, -0.1) is 0 Å². The van der Waals surface area contributed by atoms with Crippen molar-refractivity contribution in [2.24, 2.45) is 5.92 Å². The average molecular weight is 303 g/mol. The summed E-state index contributed by atoms with van der Waals surface area (Å²) < 4.78 is 12.2. The molecule has 0 aliphatic rings. The third-order valence-corrected chi connectivity index (χ3v) is 3.35. The van der Waals surface area contributed by atoms with Crippen molar-refractivity contribution in [3.63, 3.8) is 0 Å². The molecule has 1 N–H and O–H groups in total. The van der Waals surface area contributed by atoms with Crippen molar-refractivity contribution in [2.45, 2.75) is 20.0 Å². The lowest BCUT2D eigenvalue weighted by atomic mass is 10.1. The molecule has 1 amide bonds. The van der Waals surface area contributed by atoms with Gasteiger partial charge in [-0.05, 0) is 23.8 Å². The Kier molecular flexibility index (Phi) is 5.41. The number of hydrogen-bond acceptors (Lipinski definition) is 4. The molecule has 22 heavy (non-hydrogen) atoms. The number of carbonyl (C=O) groups excluding carboxylic acids is 1. The second kappa shape index (κ2) is 7.49. The van der Waals surface area contributed by atoms with Crippen LogP contribution in [0, 0.1) is 5.92 Å². The van der Waals surface area contributed by atoms with Crippen molar-refractivity contribution in [1.29, 1.82) is 0 Å². The molecule has 1 aromatic heterocycles. The molecule has 0 radical (unpaired) electrons. The van der Waals surface area contributed by atoms with Gasteiger partial charge in [0, 0.05) is 25.0 Å². The summed E-state index contributed by atoms with van der Waals surface area (Å²) in [7, 11) is 3.20. The van der Waals surface area contributed by atoms with E-state index in [0.29, 0.717) is 24.6 Å². The molecule has 1 atom stereocenters. The molecular weight excluding hydrogens is 282 g/mol. The van der Waals surface area contributed by atoms with Crippen LogP contribution in [0.15, 0.2) is 36.7 Å². The van der Waals surface area contributed by atoms with E-state index in [1.807, 2.05) is 31.3 Å². The van der Waals surface area contributed by atoms with Gasteiger partial charge in [0.15, 0.2) is 0 Å². The number of carbonyl (C=O) groups is 1.